The van der Waals surface area contributed by atoms with E-state index in [4.69, 9.17) is 18.9 Å². The summed E-state index contributed by atoms with van der Waals surface area (Å²) in [6.07, 6.45) is 85.5. The molecule has 0 aromatic carbocycles. The highest BCUT2D eigenvalue weighted by molar-refractivity contribution is 5.76. The zero-order valence-corrected chi connectivity index (χ0v) is 64.8. The standard InChI is InChI=1S/C88H155NO13/c1-3-5-7-9-11-13-15-17-19-21-23-25-27-29-31-33-35-36-37-38-39-40-42-44-46-48-50-52-54-56-58-60-62-64-66-68-70-72-80(93)89-76(75-99-87-85(98)83(96)86(79(74-91)101-87)102-88-84(97)82(95)81(94)78(73-90)100-88)77(92)71-69-67-65-63-61-59-57-55-53-51-49-47-45-43-41-34-32-30-28-26-24-22-20-18-16-14-12-10-8-6-4-2/h5,7,11,13,17,19,23,25,29,31,35-36,38-39,42,44,48,50,76-79,81-88,90-92,94-98H,3-4,6,8-10,12,14-16,18,20-22,24,26-28,30,32-34,37,40-41,43,45-47,49,51-75H2,1-2H3,(H,89,93)/b7-5-,13-11-,19-17-,25-23-,31-29-,36-35-,39-38-,44-42-,50-48-. The van der Waals surface area contributed by atoms with Crippen LogP contribution in [0.4, 0.5) is 0 Å². The van der Waals surface area contributed by atoms with Gasteiger partial charge < -0.3 is 65.1 Å². The molecule has 12 unspecified atom stereocenters. The van der Waals surface area contributed by atoms with Gasteiger partial charge in [0.25, 0.3) is 0 Å². The molecule has 2 aliphatic rings. The second-order valence-electron chi connectivity index (χ2n) is 29.2. The number of hydrogen-bond acceptors (Lipinski definition) is 13. The summed E-state index contributed by atoms with van der Waals surface area (Å²) in [4.78, 5) is 13.4. The molecule has 2 heterocycles. The number of carbonyl (C=O) groups is 1. The SMILES string of the molecule is CC/C=C\C/C=C\C/C=C\C/C=C\C/C=C\C/C=C\C/C=C\C/C=C\C/C=C\CCCCCCCCCCCC(=O)NC(COC1OC(CO)C(OC2OC(CO)C(O)C(O)C2O)C(O)C1O)C(O)CCCCCCCCCCCCCCCCCCCCCCCCCCCCCCCCC. The molecule has 0 radical (unpaired) electrons. The highest BCUT2D eigenvalue weighted by Gasteiger charge is 2.51. The van der Waals surface area contributed by atoms with Gasteiger partial charge in [0.05, 0.1) is 32.0 Å². The van der Waals surface area contributed by atoms with Crippen LogP contribution in [0.5, 0.6) is 0 Å². The van der Waals surface area contributed by atoms with Crippen molar-refractivity contribution in [1.29, 1.82) is 0 Å². The monoisotopic (exact) mass is 1430 g/mol. The van der Waals surface area contributed by atoms with Crippen molar-refractivity contribution >= 4 is 5.91 Å². The highest BCUT2D eigenvalue weighted by Crippen LogP contribution is 2.30. The van der Waals surface area contributed by atoms with Gasteiger partial charge in [0.2, 0.25) is 5.91 Å². The number of hydrogen-bond donors (Lipinski definition) is 9. The third-order valence-corrected chi connectivity index (χ3v) is 20.0. The number of rotatable bonds is 70. The average molecular weight is 1440 g/mol. The Morgan fingerprint density at radius 2 is 0.676 bits per heavy atom. The molecule has 2 rings (SSSR count). The van der Waals surface area contributed by atoms with Gasteiger partial charge in [0.1, 0.15) is 48.8 Å². The lowest BCUT2D eigenvalue weighted by molar-refractivity contribution is -0.359. The first-order valence-corrected chi connectivity index (χ1v) is 42.1. The van der Waals surface area contributed by atoms with Gasteiger partial charge in [0, 0.05) is 6.42 Å². The summed E-state index contributed by atoms with van der Waals surface area (Å²) in [5.41, 5.74) is 0. The molecular weight excluding hydrogens is 1280 g/mol. The lowest BCUT2D eigenvalue weighted by atomic mass is 9.97. The van der Waals surface area contributed by atoms with Crippen molar-refractivity contribution in [3.05, 3.63) is 109 Å². The van der Waals surface area contributed by atoms with E-state index in [1.807, 2.05) is 0 Å². The Bertz CT molecular complexity index is 2140. The third-order valence-electron chi connectivity index (χ3n) is 20.0. The summed E-state index contributed by atoms with van der Waals surface area (Å²) in [5, 5.41) is 88.0. The molecule has 0 aromatic rings. The van der Waals surface area contributed by atoms with Crippen molar-refractivity contribution in [2.75, 3.05) is 19.8 Å². The first-order valence-electron chi connectivity index (χ1n) is 42.1. The molecule has 14 nitrogen and oxygen atoms in total. The maximum absolute atomic E-state index is 13.4. The van der Waals surface area contributed by atoms with Crippen LogP contribution in [0.25, 0.3) is 0 Å². The Labute approximate surface area is 623 Å². The Morgan fingerprint density at radius 1 is 0.363 bits per heavy atom. The smallest absolute Gasteiger partial charge is 0.220 e. The Balaban J connectivity index is 1.61. The lowest BCUT2D eigenvalue weighted by Crippen LogP contribution is -2.65. The molecule has 9 N–H and O–H groups in total. The maximum atomic E-state index is 13.4. The van der Waals surface area contributed by atoms with Gasteiger partial charge >= 0.3 is 0 Å². The van der Waals surface area contributed by atoms with Crippen LogP contribution in [0, 0.1) is 0 Å². The predicted octanol–water partition coefficient (Wildman–Crippen LogP) is 19.8. The van der Waals surface area contributed by atoms with Crippen LogP contribution in [-0.4, -0.2) is 140 Å². The first-order chi connectivity index (χ1) is 50.1. The Kier molecular flexibility index (Phi) is 65.6. The highest BCUT2D eigenvalue weighted by atomic mass is 16.7. The number of amides is 1. The molecule has 0 aromatic heterocycles. The van der Waals surface area contributed by atoms with E-state index < -0.39 is 86.8 Å². The number of unbranched alkanes of at least 4 members (excludes halogenated alkanes) is 39. The third kappa shape index (κ3) is 52.6. The normalized spacial score (nSPS) is 22.2. The van der Waals surface area contributed by atoms with Gasteiger partial charge in [-0.1, -0.05) is 367 Å². The van der Waals surface area contributed by atoms with Crippen molar-refractivity contribution in [2.24, 2.45) is 0 Å². The van der Waals surface area contributed by atoms with Crippen LogP contribution < -0.4 is 5.32 Å². The summed E-state index contributed by atoms with van der Waals surface area (Å²) in [6.45, 7) is 2.79. The Morgan fingerprint density at radius 3 is 1.04 bits per heavy atom. The van der Waals surface area contributed by atoms with Crippen LogP contribution in [0.3, 0.4) is 0 Å². The molecule has 0 spiro atoms. The zero-order valence-electron chi connectivity index (χ0n) is 64.8. The van der Waals surface area contributed by atoms with E-state index in [0.29, 0.717) is 19.3 Å². The van der Waals surface area contributed by atoms with E-state index >= 15 is 0 Å². The molecule has 590 valence electrons. The van der Waals surface area contributed by atoms with E-state index in [1.165, 1.54) is 205 Å². The molecular formula is C88H155NO13. The van der Waals surface area contributed by atoms with Crippen molar-refractivity contribution < 1.29 is 64.6 Å². The largest absolute Gasteiger partial charge is 0.394 e. The fourth-order valence-electron chi connectivity index (χ4n) is 13.4. The topological polar surface area (TPSA) is 228 Å². The van der Waals surface area contributed by atoms with Crippen LogP contribution in [0.15, 0.2) is 109 Å². The summed E-state index contributed by atoms with van der Waals surface area (Å²) in [6, 6.07) is -0.842. The molecule has 0 bridgehead atoms. The van der Waals surface area contributed by atoms with E-state index in [-0.39, 0.29) is 12.5 Å². The molecule has 2 aliphatic heterocycles. The van der Waals surface area contributed by atoms with Gasteiger partial charge in [-0.3, -0.25) is 4.79 Å². The summed E-state index contributed by atoms with van der Waals surface area (Å²) in [5.74, 6) is -0.212. The van der Waals surface area contributed by atoms with Crippen molar-refractivity contribution in [2.45, 2.75) is 421 Å². The first kappa shape index (κ1) is 94.7. The average Bonchev–Trinajstić information content (AvgIpc) is 0.790. The van der Waals surface area contributed by atoms with E-state index in [1.54, 1.807) is 0 Å². The number of aliphatic hydroxyl groups is 8. The minimum atomic E-state index is -1.79. The number of allylic oxidation sites excluding steroid dienone is 18. The van der Waals surface area contributed by atoms with Crippen LogP contribution in [0.1, 0.15) is 348 Å². The van der Waals surface area contributed by atoms with Crippen molar-refractivity contribution in [3.8, 4) is 0 Å². The maximum Gasteiger partial charge on any atom is 0.220 e. The summed E-state index contributed by atoms with van der Waals surface area (Å²) >= 11 is 0. The molecule has 2 saturated heterocycles. The summed E-state index contributed by atoms with van der Waals surface area (Å²) < 4.78 is 23.0. The van der Waals surface area contributed by atoms with E-state index in [9.17, 15) is 45.6 Å². The van der Waals surface area contributed by atoms with Gasteiger partial charge in [-0.2, -0.15) is 0 Å². The minimum Gasteiger partial charge on any atom is -0.394 e. The molecule has 0 aliphatic carbocycles. The number of carbonyl (C=O) groups excluding carboxylic acids is 1. The van der Waals surface area contributed by atoms with Crippen molar-refractivity contribution in [3.63, 3.8) is 0 Å². The molecule has 12 atom stereocenters. The van der Waals surface area contributed by atoms with Gasteiger partial charge in [-0.15, -0.1) is 0 Å². The van der Waals surface area contributed by atoms with Crippen LogP contribution in [-0.2, 0) is 23.7 Å². The molecule has 1 amide bonds. The second kappa shape index (κ2) is 70.6. The Hall–Kier alpha value is -3.35. The molecule has 14 heteroatoms. The number of aliphatic hydroxyl groups excluding tert-OH is 8. The molecule has 102 heavy (non-hydrogen) atoms. The van der Waals surface area contributed by atoms with Crippen LogP contribution >= 0.6 is 0 Å². The minimum absolute atomic E-state index is 0.212. The van der Waals surface area contributed by atoms with Crippen molar-refractivity contribution in [1.82, 2.24) is 5.32 Å². The lowest BCUT2D eigenvalue weighted by Gasteiger charge is -2.46. The van der Waals surface area contributed by atoms with Gasteiger partial charge in [-0.25, -0.2) is 0 Å². The fourth-order valence-corrected chi connectivity index (χ4v) is 13.4. The number of ether oxygens (including phenoxy) is 4. The van der Waals surface area contributed by atoms with E-state index in [2.05, 4.69) is 129 Å². The molecule has 0 saturated carbocycles. The quantitative estimate of drug-likeness (QED) is 0.0204. The number of nitrogens with one attached hydrogen (secondary N) is 1. The fraction of sp³-hybridized carbons (Fsp3) is 0.784. The van der Waals surface area contributed by atoms with Gasteiger partial charge in [-0.05, 0) is 83.5 Å². The molecule has 2 fully saturated rings. The van der Waals surface area contributed by atoms with Gasteiger partial charge in [0.15, 0.2) is 12.6 Å². The van der Waals surface area contributed by atoms with E-state index in [0.717, 1.165) is 109 Å². The second-order valence-corrected chi connectivity index (χ2v) is 29.2. The zero-order chi connectivity index (χ0) is 73.7. The van der Waals surface area contributed by atoms with Crippen LogP contribution in [0.2, 0.25) is 0 Å². The predicted molar refractivity (Wildman–Crippen MR) is 424 cm³/mol. The summed E-state index contributed by atoms with van der Waals surface area (Å²) in [7, 11) is 0.